The first-order chi connectivity index (χ1) is 12.8. The summed E-state index contributed by atoms with van der Waals surface area (Å²) in [5.74, 6) is -0.636. The highest BCUT2D eigenvalue weighted by Gasteiger charge is 2.30. The second-order valence-electron chi connectivity index (χ2n) is 6.20. The Morgan fingerprint density at radius 2 is 1.74 bits per heavy atom. The van der Waals surface area contributed by atoms with E-state index in [0.717, 1.165) is 23.3 Å². The normalized spacial score (nSPS) is 14.1. The molecule has 1 amide bonds. The number of benzene rings is 2. The van der Waals surface area contributed by atoms with Crippen LogP contribution >= 0.6 is 0 Å². The van der Waals surface area contributed by atoms with Crippen molar-refractivity contribution < 1.29 is 27.5 Å². The quantitative estimate of drug-likeness (QED) is 0.750. The molecule has 0 N–H and O–H groups in total. The number of amides is 1. The predicted molar refractivity (Wildman–Crippen MR) is 94.2 cm³/mol. The fourth-order valence-corrected chi connectivity index (χ4v) is 3.10. The zero-order chi connectivity index (χ0) is 19.6. The van der Waals surface area contributed by atoms with Gasteiger partial charge in [-0.1, -0.05) is 18.2 Å². The summed E-state index contributed by atoms with van der Waals surface area (Å²) >= 11 is 0. The summed E-state index contributed by atoms with van der Waals surface area (Å²) < 4.78 is 43.0. The molecule has 4 nitrogen and oxygen atoms in total. The maximum atomic E-state index is 12.7. The van der Waals surface area contributed by atoms with E-state index in [1.807, 2.05) is 6.07 Å². The van der Waals surface area contributed by atoms with Gasteiger partial charge in [0.05, 0.1) is 12.2 Å². The van der Waals surface area contributed by atoms with Crippen LogP contribution in [-0.4, -0.2) is 25.0 Å². The molecule has 0 atom stereocenters. The molecule has 0 saturated heterocycles. The minimum Gasteiger partial charge on any atom is -0.465 e. The first-order valence-corrected chi connectivity index (χ1v) is 8.56. The lowest BCUT2D eigenvalue weighted by atomic mass is 9.95. The summed E-state index contributed by atoms with van der Waals surface area (Å²) in [7, 11) is 0. The molecule has 0 aromatic heterocycles. The lowest BCUT2D eigenvalue weighted by Gasteiger charge is -2.29. The minimum absolute atomic E-state index is 0.153. The van der Waals surface area contributed by atoms with E-state index >= 15 is 0 Å². The van der Waals surface area contributed by atoms with Gasteiger partial charge in [-0.15, -0.1) is 0 Å². The molecule has 1 aliphatic rings. The van der Waals surface area contributed by atoms with Crippen LogP contribution in [0, 0.1) is 0 Å². The number of alkyl halides is 3. The molecule has 0 spiro atoms. The van der Waals surface area contributed by atoms with Crippen LogP contribution in [0.1, 0.15) is 24.5 Å². The number of hydrogen-bond donors (Lipinski definition) is 0. The minimum atomic E-state index is -4.37. The first kappa shape index (κ1) is 18.9. The first-order valence-electron chi connectivity index (χ1n) is 8.56. The molecule has 0 bridgehead atoms. The van der Waals surface area contributed by atoms with Gasteiger partial charge in [0.2, 0.25) is 5.91 Å². The Labute approximate surface area is 154 Å². The third-order valence-electron chi connectivity index (χ3n) is 4.42. The van der Waals surface area contributed by atoms with Crippen LogP contribution in [0.5, 0.6) is 0 Å². The number of ether oxygens (including phenoxy) is 1. The number of rotatable bonds is 4. The second kappa shape index (κ2) is 7.42. The van der Waals surface area contributed by atoms with Crippen molar-refractivity contribution in [2.45, 2.75) is 25.9 Å². The van der Waals surface area contributed by atoms with Crippen LogP contribution in [0.4, 0.5) is 18.9 Å². The number of halogens is 3. The fourth-order valence-electron chi connectivity index (χ4n) is 3.10. The van der Waals surface area contributed by atoms with Gasteiger partial charge in [-0.2, -0.15) is 13.2 Å². The Hall–Kier alpha value is -2.83. The second-order valence-corrected chi connectivity index (χ2v) is 6.20. The molecule has 7 heteroatoms. The van der Waals surface area contributed by atoms with Crippen molar-refractivity contribution in [3.05, 3.63) is 53.6 Å². The maximum Gasteiger partial charge on any atom is 0.416 e. The SMILES string of the molecule is CCOC(=O)CN1C(=O)CCc2cc(-c3ccc(C(F)(F)F)cc3)ccc21. The lowest BCUT2D eigenvalue weighted by molar-refractivity contribution is -0.142. The number of hydrogen-bond acceptors (Lipinski definition) is 3. The Morgan fingerprint density at radius 3 is 2.37 bits per heavy atom. The van der Waals surface area contributed by atoms with Crippen molar-refractivity contribution in [1.82, 2.24) is 0 Å². The molecule has 0 fully saturated rings. The average molecular weight is 377 g/mol. The number of anilines is 1. The van der Waals surface area contributed by atoms with Gasteiger partial charge >= 0.3 is 12.1 Å². The van der Waals surface area contributed by atoms with Crippen molar-refractivity contribution in [2.75, 3.05) is 18.1 Å². The Bertz CT molecular complexity index is 860. The molecule has 3 rings (SSSR count). The molecule has 0 aliphatic carbocycles. The van der Waals surface area contributed by atoms with Crippen LogP contribution in [0.15, 0.2) is 42.5 Å². The zero-order valence-corrected chi connectivity index (χ0v) is 14.7. The highest BCUT2D eigenvalue weighted by atomic mass is 19.4. The maximum absolute atomic E-state index is 12.7. The summed E-state index contributed by atoms with van der Waals surface area (Å²) in [5, 5.41) is 0. The summed E-state index contributed by atoms with van der Waals surface area (Å²) in [6.45, 7) is 1.78. The molecular weight excluding hydrogens is 359 g/mol. The largest absolute Gasteiger partial charge is 0.465 e. The summed E-state index contributed by atoms with van der Waals surface area (Å²) in [6.07, 6.45) is -3.59. The molecule has 1 aliphatic heterocycles. The van der Waals surface area contributed by atoms with E-state index in [-0.39, 0.29) is 25.5 Å². The molecule has 27 heavy (non-hydrogen) atoms. The van der Waals surface area contributed by atoms with Crippen LogP contribution < -0.4 is 4.90 Å². The molecule has 2 aromatic rings. The zero-order valence-electron chi connectivity index (χ0n) is 14.7. The Morgan fingerprint density at radius 1 is 1.07 bits per heavy atom. The number of esters is 1. The summed E-state index contributed by atoms with van der Waals surface area (Å²) in [4.78, 5) is 25.4. The number of aryl methyl sites for hydroxylation is 1. The third-order valence-corrected chi connectivity index (χ3v) is 4.42. The number of carbonyl (C=O) groups is 2. The van der Waals surface area contributed by atoms with E-state index in [1.165, 1.54) is 17.0 Å². The lowest BCUT2D eigenvalue weighted by Crippen LogP contribution is -2.39. The van der Waals surface area contributed by atoms with Gasteiger partial charge in [-0.25, -0.2) is 0 Å². The molecule has 142 valence electrons. The van der Waals surface area contributed by atoms with Crippen molar-refractivity contribution in [2.24, 2.45) is 0 Å². The topological polar surface area (TPSA) is 46.6 Å². The molecule has 0 unspecified atom stereocenters. The number of fused-ring (bicyclic) bond motifs is 1. The van der Waals surface area contributed by atoms with Gasteiger partial charge in [-0.3, -0.25) is 9.59 Å². The Kier molecular flexibility index (Phi) is 5.21. The van der Waals surface area contributed by atoms with Gasteiger partial charge in [0.1, 0.15) is 6.54 Å². The molecule has 0 radical (unpaired) electrons. The van der Waals surface area contributed by atoms with Gasteiger partial charge < -0.3 is 9.64 Å². The van der Waals surface area contributed by atoms with Gasteiger partial charge in [-0.05, 0) is 54.3 Å². The Balaban J connectivity index is 1.88. The van der Waals surface area contributed by atoms with E-state index in [9.17, 15) is 22.8 Å². The molecular formula is C20H18F3NO3. The average Bonchev–Trinajstić information content (AvgIpc) is 2.63. The molecule has 2 aromatic carbocycles. The summed E-state index contributed by atoms with van der Waals surface area (Å²) in [5.41, 5.74) is 2.22. The third kappa shape index (κ3) is 4.13. The summed E-state index contributed by atoms with van der Waals surface area (Å²) in [6, 6.07) is 10.2. The van der Waals surface area contributed by atoms with Crippen molar-refractivity contribution in [3.63, 3.8) is 0 Å². The number of carbonyl (C=O) groups excluding carboxylic acids is 2. The molecule has 1 heterocycles. The van der Waals surface area contributed by atoms with Crippen LogP contribution in [0.2, 0.25) is 0 Å². The van der Waals surface area contributed by atoms with Gasteiger partial charge in [0.25, 0.3) is 0 Å². The van der Waals surface area contributed by atoms with E-state index in [0.29, 0.717) is 17.7 Å². The standard InChI is InChI=1S/C20H18F3NO3/c1-2-27-19(26)12-24-17-9-5-14(11-15(17)6-10-18(24)25)13-3-7-16(8-4-13)20(21,22)23/h3-5,7-9,11H,2,6,10,12H2,1H3. The van der Waals surface area contributed by atoms with Gasteiger partial charge in [0.15, 0.2) is 0 Å². The van der Waals surface area contributed by atoms with Gasteiger partial charge in [0, 0.05) is 12.1 Å². The van der Waals surface area contributed by atoms with Crippen LogP contribution in [0.25, 0.3) is 11.1 Å². The highest BCUT2D eigenvalue weighted by Crippen LogP contribution is 2.34. The monoisotopic (exact) mass is 377 g/mol. The van der Waals surface area contributed by atoms with Crippen molar-refractivity contribution in [3.8, 4) is 11.1 Å². The van der Waals surface area contributed by atoms with E-state index in [1.54, 1.807) is 19.1 Å². The smallest absolute Gasteiger partial charge is 0.416 e. The van der Waals surface area contributed by atoms with E-state index in [2.05, 4.69) is 0 Å². The van der Waals surface area contributed by atoms with E-state index in [4.69, 9.17) is 4.74 Å². The fraction of sp³-hybridized carbons (Fsp3) is 0.300. The van der Waals surface area contributed by atoms with Crippen LogP contribution in [0.3, 0.4) is 0 Å². The van der Waals surface area contributed by atoms with Crippen LogP contribution in [-0.2, 0) is 26.9 Å². The van der Waals surface area contributed by atoms with Crippen molar-refractivity contribution >= 4 is 17.6 Å². The number of nitrogens with zero attached hydrogens (tertiary/aromatic N) is 1. The highest BCUT2D eigenvalue weighted by molar-refractivity contribution is 6.00. The van der Waals surface area contributed by atoms with E-state index < -0.39 is 17.7 Å². The van der Waals surface area contributed by atoms with Crippen molar-refractivity contribution in [1.29, 1.82) is 0 Å². The predicted octanol–water partition coefficient (Wildman–Crippen LogP) is 4.21. The molecule has 0 saturated carbocycles.